The molecule has 0 spiro atoms. The van der Waals surface area contributed by atoms with Crippen LogP contribution in [0.15, 0.2) is 30.3 Å². The van der Waals surface area contributed by atoms with E-state index in [2.05, 4.69) is 0 Å². The maximum Gasteiger partial charge on any atom is 0.514 e. The standard InChI is InChI=1S/C14H16INO4/c15-10-16(14(18)19)8-4-7-12(16)13(17)20-9-11-5-2-1-3-6-11/h1-3,5-6,12H,4,7-10H2/p+1/t12-,16?/m0/s1. The molecule has 1 unspecified atom stereocenters. The fraction of sp³-hybridized carbons (Fsp3) is 0.429. The van der Waals surface area contributed by atoms with Gasteiger partial charge in [0.25, 0.3) is 0 Å². The molecule has 20 heavy (non-hydrogen) atoms. The summed E-state index contributed by atoms with van der Waals surface area (Å²) in [5.74, 6) is -0.412. The number of hydrogen-bond donors (Lipinski definition) is 1. The van der Waals surface area contributed by atoms with E-state index in [1.54, 1.807) is 0 Å². The van der Waals surface area contributed by atoms with Crippen LogP contribution in [-0.2, 0) is 16.1 Å². The zero-order chi connectivity index (χ0) is 14.6. The topological polar surface area (TPSA) is 63.6 Å². The molecule has 1 aromatic carbocycles. The van der Waals surface area contributed by atoms with Crippen molar-refractivity contribution in [2.75, 3.05) is 11.1 Å². The summed E-state index contributed by atoms with van der Waals surface area (Å²) < 4.78 is 5.46. The third-order valence-electron chi connectivity index (χ3n) is 3.72. The number of halogens is 1. The first-order valence-electron chi connectivity index (χ1n) is 6.47. The van der Waals surface area contributed by atoms with Gasteiger partial charge in [0.15, 0.2) is 6.04 Å². The van der Waals surface area contributed by atoms with E-state index in [0.29, 0.717) is 17.5 Å². The fourth-order valence-electron chi connectivity index (χ4n) is 2.54. The van der Waals surface area contributed by atoms with E-state index in [9.17, 15) is 14.7 Å². The Kier molecular flexibility index (Phi) is 4.98. The van der Waals surface area contributed by atoms with Gasteiger partial charge in [0.05, 0.1) is 6.54 Å². The van der Waals surface area contributed by atoms with Crippen LogP contribution in [0.4, 0.5) is 4.79 Å². The number of rotatable bonds is 4. The molecule has 0 aliphatic carbocycles. The van der Waals surface area contributed by atoms with Crippen molar-refractivity contribution >= 4 is 34.7 Å². The Balaban J connectivity index is 2.03. The first-order chi connectivity index (χ1) is 9.60. The van der Waals surface area contributed by atoms with E-state index in [-0.39, 0.29) is 11.1 Å². The van der Waals surface area contributed by atoms with Crippen LogP contribution in [0.25, 0.3) is 0 Å². The molecule has 1 aliphatic rings. The zero-order valence-electron chi connectivity index (χ0n) is 11.0. The fourth-order valence-corrected chi connectivity index (χ4v) is 3.65. The molecule has 1 saturated heterocycles. The summed E-state index contributed by atoms with van der Waals surface area (Å²) in [6.45, 7) is 0.681. The number of carbonyl (C=O) groups excluding carboxylic acids is 1. The zero-order valence-corrected chi connectivity index (χ0v) is 13.2. The molecule has 0 saturated carbocycles. The maximum absolute atomic E-state index is 12.2. The number of carbonyl (C=O) groups is 2. The molecular weight excluding hydrogens is 373 g/mol. The average Bonchev–Trinajstić information content (AvgIpc) is 2.91. The maximum atomic E-state index is 12.2. The van der Waals surface area contributed by atoms with Gasteiger partial charge in [-0.15, -0.1) is 0 Å². The SMILES string of the molecule is O=C(OCc1ccccc1)[C@@H]1CCC[N+]1(CI)C(=O)O. The molecule has 2 atom stereocenters. The van der Waals surface area contributed by atoms with E-state index >= 15 is 0 Å². The van der Waals surface area contributed by atoms with Crippen molar-refractivity contribution in [1.29, 1.82) is 0 Å². The molecule has 1 fully saturated rings. The lowest BCUT2D eigenvalue weighted by Crippen LogP contribution is -2.57. The number of benzene rings is 1. The molecule has 1 N–H and O–H groups in total. The lowest BCUT2D eigenvalue weighted by atomic mass is 10.2. The number of likely N-dealkylation sites (tertiary alicyclic amines) is 1. The summed E-state index contributed by atoms with van der Waals surface area (Å²) in [7, 11) is 0. The van der Waals surface area contributed by atoms with Crippen molar-refractivity contribution in [1.82, 2.24) is 0 Å². The number of hydrogen-bond acceptors (Lipinski definition) is 3. The van der Waals surface area contributed by atoms with Crippen LogP contribution in [0.2, 0.25) is 0 Å². The highest BCUT2D eigenvalue weighted by atomic mass is 127. The molecular formula is C14H17INO4+. The smallest absolute Gasteiger partial charge is 0.456 e. The van der Waals surface area contributed by atoms with Crippen molar-refractivity contribution in [3.8, 4) is 0 Å². The Morgan fingerprint density at radius 2 is 2.05 bits per heavy atom. The number of ether oxygens (including phenoxy) is 1. The Hall–Kier alpha value is -1.15. The van der Waals surface area contributed by atoms with Crippen molar-refractivity contribution in [3.05, 3.63) is 35.9 Å². The lowest BCUT2D eigenvalue weighted by molar-refractivity contribution is -0.845. The van der Waals surface area contributed by atoms with Crippen LogP contribution >= 0.6 is 22.6 Å². The summed E-state index contributed by atoms with van der Waals surface area (Å²) in [5, 5.41) is 9.43. The number of nitrogens with zero attached hydrogens (tertiary/aromatic N) is 1. The number of amides is 1. The number of carboxylic acid groups (broad SMARTS) is 1. The summed E-state index contributed by atoms with van der Waals surface area (Å²) in [5.41, 5.74) is 0.904. The second kappa shape index (κ2) is 6.53. The molecule has 0 radical (unpaired) electrons. The normalized spacial score (nSPS) is 25.4. The van der Waals surface area contributed by atoms with Crippen LogP contribution in [0, 0.1) is 0 Å². The van der Waals surface area contributed by atoms with E-state index in [1.165, 1.54) is 0 Å². The van der Waals surface area contributed by atoms with Crippen LogP contribution in [0.1, 0.15) is 18.4 Å². The van der Waals surface area contributed by atoms with Gasteiger partial charge in [-0.1, -0.05) is 30.3 Å². The van der Waals surface area contributed by atoms with E-state index in [0.717, 1.165) is 12.0 Å². The van der Waals surface area contributed by atoms with Gasteiger partial charge in [-0.3, -0.25) is 0 Å². The largest absolute Gasteiger partial charge is 0.514 e. The second-order valence-electron chi connectivity index (χ2n) is 4.91. The molecule has 108 valence electrons. The van der Waals surface area contributed by atoms with Gasteiger partial charge in [-0.05, 0) is 28.2 Å². The molecule has 1 amide bonds. The van der Waals surface area contributed by atoms with Crippen LogP contribution in [-0.4, -0.2) is 38.8 Å². The molecule has 6 heteroatoms. The minimum absolute atomic E-state index is 0.192. The first-order valence-corrected chi connectivity index (χ1v) is 7.99. The Morgan fingerprint density at radius 3 is 2.65 bits per heavy atom. The lowest BCUT2D eigenvalue weighted by Gasteiger charge is -2.30. The van der Waals surface area contributed by atoms with Gasteiger partial charge in [0, 0.05) is 12.8 Å². The molecule has 1 aliphatic heterocycles. The number of quaternary nitrogens is 1. The third-order valence-corrected chi connectivity index (χ3v) is 4.94. The summed E-state index contributed by atoms with van der Waals surface area (Å²) in [4.78, 5) is 23.7. The molecule has 1 heterocycles. The molecule has 0 aromatic heterocycles. The first kappa shape index (κ1) is 15.2. The molecule has 2 rings (SSSR count). The van der Waals surface area contributed by atoms with Crippen molar-refractivity contribution in [2.45, 2.75) is 25.5 Å². The second-order valence-corrected chi connectivity index (χ2v) is 5.59. The van der Waals surface area contributed by atoms with E-state index in [1.807, 2.05) is 52.9 Å². The van der Waals surface area contributed by atoms with Gasteiger partial charge >= 0.3 is 12.1 Å². The number of esters is 1. The van der Waals surface area contributed by atoms with E-state index < -0.39 is 18.1 Å². The third kappa shape index (κ3) is 2.95. The molecule has 5 nitrogen and oxygen atoms in total. The summed E-state index contributed by atoms with van der Waals surface area (Å²) in [6.07, 6.45) is 0.363. The minimum atomic E-state index is -0.946. The van der Waals surface area contributed by atoms with Gasteiger partial charge in [0.1, 0.15) is 11.2 Å². The van der Waals surface area contributed by atoms with Crippen LogP contribution in [0.5, 0.6) is 0 Å². The van der Waals surface area contributed by atoms with Crippen molar-refractivity contribution in [2.24, 2.45) is 0 Å². The van der Waals surface area contributed by atoms with Gasteiger partial charge in [-0.2, -0.15) is 4.79 Å². The van der Waals surface area contributed by atoms with Gasteiger partial charge in [0.2, 0.25) is 0 Å². The van der Waals surface area contributed by atoms with Crippen molar-refractivity contribution < 1.29 is 23.9 Å². The monoisotopic (exact) mass is 390 g/mol. The predicted octanol–water partition coefficient (Wildman–Crippen LogP) is 2.78. The minimum Gasteiger partial charge on any atom is -0.456 e. The Bertz CT molecular complexity index is 493. The molecule has 1 aromatic rings. The van der Waals surface area contributed by atoms with Crippen LogP contribution in [0.3, 0.4) is 0 Å². The average molecular weight is 390 g/mol. The predicted molar refractivity (Wildman–Crippen MR) is 81.3 cm³/mol. The van der Waals surface area contributed by atoms with E-state index in [4.69, 9.17) is 4.74 Å². The quantitative estimate of drug-likeness (QED) is 0.282. The Morgan fingerprint density at radius 1 is 1.35 bits per heavy atom. The number of alkyl halides is 1. The van der Waals surface area contributed by atoms with Crippen molar-refractivity contribution in [3.63, 3.8) is 0 Å². The molecule has 0 bridgehead atoms. The highest BCUT2D eigenvalue weighted by Crippen LogP contribution is 2.30. The summed E-state index contributed by atoms with van der Waals surface area (Å²) >= 11 is 2.03. The summed E-state index contributed by atoms with van der Waals surface area (Å²) in [6, 6.07) is 8.81. The van der Waals surface area contributed by atoms with Gasteiger partial charge < -0.3 is 9.84 Å². The van der Waals surface area contributed by atoms with Crippen LogP contribution < -0.4 is 0 Å². The highest BCUT2D eigenvalue weighted by Gasteiger charge is 2.52. The highest BCUT2D eigenvalue weighted by molar-refractivity contribution is 14.1. The Labute approximate surface area is 131 Å². The van der Waals surface area contributed by atoms with Gasteiger partial charge in [-0.25, -0.2) is 9.28 Å².